The van der Waals surface area contributed by atoms with Gasteiger partial charge in [-0.25, -0.2) is 9.98 Å². The van der Waals surface area contributed by atoms with Crippen molar-refractivity contribution in [3.05, 3.63) is 35.0 Å². The SMILES string of the molecule is CCNC(=NCc1nnc2n1CCCC2)NC1CCN(c2ncccc2Cl)C1.I. The van der Waals surface area contributed by atoms with Gasteiger partial charge in [0.15, 0.2) is 11.8 Å². The molecule has 0 aliphatic carbocycles. The van der Waals surface area contributed by atoms with Crippen LogP contribution in [0.15, 0.2) is 23.3 Å². The molecule has 4 heterocycles. The molecule has 0 aromatic carbocycles. The number of fused-ring (bicyclic) bond motifs is 1. The predicted octanol–water partition coefficient (Wildman–Crippen LogP) is 2.61. The summed E-state index contributed by atoms with van der Waals surface area (Å²) in [6.45, 7) is 6.19. The van der Waals surface area contributed by atoms with Gasteiger partial charge in [0.25, 0.3) is 0 Å². The number of rotatable bonds is 5. The van der Waals surface area contributed by atoms with Gasteiger partial charge in [0.2, 0.25) is 0 Å². The Morgan fingerprint density at radius 2 is 2.21 bits per heavy atom. The van der Waals surface area contributed by atoms with Crippen molar-refractivity contribution in [2.75, 3.05) is 24.5 Å². The minimum absolute atomic E-state index is 0. The van der Waals surface area contributed by atoms with Gasteiger partial charge in [-0.05, 0) is 38.3 Å². The Morgan fingerprint density at radius 1 is 1.31 bits per heavy atom. The molecule has 2 aliphatic rings. The van der Waals surface area contributed by atoms with Gasteiger partial charge in [0.05, 0.1) is 5.02 Å². The summed E-state index contributed by atoms with van der Waals surface area (Å²) in [5.74, 6) is 3.70. The van der Waals surface area contributed by atoms with Crippen molar-refractivity contribution in [2.45, 2.75) is 51.7 Å². The molecule has 1 unspecified atom stereocenters. The van der Waals surface area contributed by atoms with E-state index in [1.54, 1.807) is 6.20 Å². The second-order valence-electron chi connectivity index (χ2n) is 7.22. The standard InChI is InChI=1S/C19H27ClN8.HI/c1-2-21-19(23-12-17-26-25-16-7-3-4-10-28(16)17)24-14-8-11-27(13-14)18-15(20)6-5-9-22-18;/h5-6,9,14H,2-4,7-8,10-13H2,1H3,(H2,21,23,24);1H. The lowest BCUT2D eigenvalue weighted by Crippen LogP contribution is -2.44. The Bertz CT molecular complexity index is 839. The average molecular weight is 531 g/mol. The Labute approximate surface area is 193 Å². The molecule has 1 atom stereocenters. The van der Waals surface area contributed by atoms with Crippen LogP contribution in [0, 0.1) is 0 Å². The van der Waals surface area contributed by atoms with E-state index in [4.69, 9.17) is 16.6 Å². The number of anilines is 1. The monoisotopic (exact) mass is 530 g/mol. The first-order chi connectivity index (χ1) is 13.7. The fourth-order valence-corrected chi connectivity index (χ4v) is 4.07. The largest absolute Gasteiger partial charge is 0.357 e. The van der Waals surface area contributed by atoms with Crippen molar-refractivity contribution in [1.82, 2.24) is 30.4 Å². The minimum atomic E-state index is 0. The van der Waals surface area contributed by atoms with Crippen molar-refractivity contribution in [3.63, 3.8) is 0 Å². The average Bonchev–Trinajstić information content (AvgIpc) is 3.34. The van der Waals surface area contributed by atoms with Gasteiger partial charge in [-0.3, -0.25) is 0 Å². The Kier molecular flexibility index (Phi) is 7.93. The number of nitrogens with zero attached hydrogens (tertiary/aromatic N) is 6. The molecule has 2 aliphatic heterocycles. The van der Waals surface area contributed by atoms with E-state index in [0.29, 0.717) is 17.6 Å². The highest BCUT2D eigenvalue weighted by molar-refractivity contribution is 14.0. The number of aliphatic imine (C=N–C) groups is 1. The molecule has 2 aromatic rings. The van der Waals surface area contributed by atoms with Crippen molar-refractivity contribution in [2.24, 2.45) is 4.99 Å². The molecule has 0 radical (unpaired) electrons. The van der Waals surface area contributed by atoms with Crippen LogP contribution in [0.3, 0.4) is 0 Å². The Hall–Kier alpha value is -1.62. The van der Waals surface area contributed by atoms with Crippen molar-refractivity contribution >= 4 is 47.4 Å². The molecular formula is C19H28ClIN8. The third-order valence-corrected chi connectivity index (χ3v) is 5.52. The van der Waals surface area contributed by atoms with Crippen molar-refractivity contribution < 1.29 is 0 Å². The topological polar surface area (TPSA) is 83.3 Å². The second-order valence-corrected chi connectivity index (χ2v) is 7.63. The van der Waals surface area contributed by atoms with Crippen LogP contribution in [0.2, 0.25) is 5.02 Å². The molecule has 2 aromatic heterocycles. The van der Waals surface area contributed by atoms with Gasteiger partial charge in [0, 0.05) is 44.8 Å². The van der Waals surface area contributed by atoms with Crippen LogP contribution in [0.1, 0.15) is 37.8 Å². The number of aromatic nitrogens is 4. The molecule has 0 spiro atoms. The lowest BCUT2D eigenvalue weighted by Gasteiger charge is -2.20. The summed E-state index contributed by atoms with van der Waals surface area (Å²) in [6, 6.07) is 4.04. The number of hydrogen-bond donors (Lipinski definition) is 2. The van der Waals surface area contributed by atoms with E-state index in [1.165, 1.54) is 12.8 Å². The fraction of sp³-hybridized carbons (Fsp3) is 0.579. The first kappa shape index (κ1) is 22.1. The second kappa shape index (κ2) is 10.4. The highest BCUT2D eigenvalue weighted by atomic mass is 127. The number of nitrogens with one attached hydrogen (secondary N) is 2. The Morgan fingerprint density at radius 3 is 3.03 bits per heavy atom. The predicted molar refractivity (Wildman–Crippen MR) is 126 cm³/mol. The first-order valence-corrected chi connectivity index (χ1v) is 10.4. The molecule has 10 heteroatoms. The van der Waals surface area contributed by atoms with E-state index in [2.05, 4.69) is 42.2 Å². The summed E-state index contributed by atoms with van der Waals surface area (Å²) >= 11 is 6.30. The smallest absolute Gasteiger partial charge is 0.191 e. The zero-order valence-corrected chi connectivity index (χ0v) is 19.7. The van der Waals surface area contributed by atoms with Crippen LogP contribution in [-0.2, 0) is 19.5 Å². The lowest BCUT2D eigenvalue weighted by atomic mass is 10.2. The lowest BCUT2D eigenvalue weighted by molar-refractivity contribution is 0.508. The quantitative estimate of drug-likeness (QED) is 0.351. The van der Waals surface area contributed by atoms with Gasteiger partial charge in [-0.1, -0.05) is 11.6 Å². The van der Waals surface area contributed by atoms with E-state index in [9.17, 15) is 0 Å². The molecule has 0 amide bonds. The Balaban J connectivity index is 0.00000240. The van der Waals surface area contributed by atoms with Crippen LogP contribution in [-0.4, -0.2) is 51.4 Å². The van der Waals surface area contributed by atoms with Crippen LogP contribution >= 0.6 is 35.6 Å². The summed E-state index contributed by atoms with van der Waals surface area (Å²) in [7, 11) is 0. The molecular weight excluding hydrogens is 503 g/mol. The fourth-order valence-electron chi connectivity index (χ4n) is 3.83. The molecule has 0 saturated carbocycles. The molecule has 158 valence electrons. The maximum Gasteiger partial charge on any atom is 0.191 e. The number of halogens is 2. The summed E-state index contributed by atoms with van der Waals surface area (Å²) in [5.41, 5.74) is 0. The maximum atomic E-state index is 6.30. The van der Waals surface area contributed by atoms with Crippen LogP contribution in [0.4, 0.5) is 5.82 Å². The van der Waals surface area contributed by atoms with Gasteiger partial charge in [-0.15, -0.1) is 34.2 Å². The van der Waals surface area contributed by atoms with Crippen LogP contribution < -0.4 is 15.5 Å². The molecule has 1 fully saturated rings. The molecule has 8 nitrogen and oxygen atoms in total. The van der Waals surface area contributed by atoms with E-state index < -0.39 is 0 Å². The van der Waals surface area contributed by atoms with Crippen LogP contribution in [0.25, 0.3) is 0 Å². The highest BCUT2D eigenvalue weighted by Crippen LogP contribution is 2.25. The minimum Gasteiger partial charge on any atom is -0.357 e. The summed E-state index contributed by atoms with van der Waals surface area (Å²) in [6.07, 6.45) is 6.20. The summed E-state index contributed by atoms with van der Waals surface area (Å²) in [5, 5.41) is 16.2. The maximum absolute atomic E-state index is 6.30. The van der Waals surface area contributed by atoms with Crippen LogP contribution in [0.5, 0.6) is 0 Å². The van der Waals surface area contributed by atoms with E-state index in [-0.39, 0.29) is 24.0 Å². The first-order valence-electron chi connectivity index (χ1n) is 10.1. The molecule has 0 bridgehead atoms. The van der Waals surface area contributed by atoms with Gasteiger partial charge in [-0.2, -0.15) is 0 Å². The van der Waals surface area contributed by atoms with Crippen molar-refractivity contribution in [3.8, 4) is 0 Å². The van der Waals surface area contributed by atoms with E-state index in [1.807, 2.05) is 12.1 Å². The third kappa shape index (κ3) is 5.30. The van der Waals surface area contributed by atoms with Gasteiger partial charge < -0.3 is 20.1 Å². The summed E-state index contributed by atoms with van der Waals surface area (Å²) < 4.78 is 2.22. The molecule has 4 rings (SSSR count). The van der Waals surface area contributed by atoms with Crippen molar-refractivity contribution in [1.29, 1.82) is 0 Å². The normalized spacial score (nSPS) is 18.9. The zero-order chi connectivity index (χ0) is 19.3. The van der Waals surface area contributed by atoms with Gasteiger partial charge in [0.1, 0.15) is 18.2 Å². The highest BCUT2D eigenvalue weighted by Gasteiger charge is 2.25. The number of aryl methyl sites for hydroxylation is 1. The zero-order valence-electron chi connectivity index (χ0n) is 16.6. The van der Waals surface area contributed by atoms with E-state index in [0.717, 1.165) is 62.4 Å². The summed E-state index contributed by atoms with van der Waals surface area (Å²) in [4.78, 5) is 11.4. The number of hydrogen-bond acceptors (Lipinski definition) is 5. The van der Waals surface area contributed by atoms with E-state index >= 15 is 0 Å². The number of pyridine rings is 1. The number of guanidine groups is 1. The molecule has 29 heavy (non-hydrogen) atoms. The van der Waals surface area contributed by atoms with Gasteiger partial charge >= 0.3 is 0 Å². The third-order valence-electron chi connectivity index (χ3n) is 5.23. The molecule has 2 N–H and O–H groups in total. The molecule has 1 saturated heterocycles.